The summed E-state index contributed by atoms with van der Waals surface area (Å²) >= 11 is 5.74. The van der Waals surface area contributed by atoms with Gasteiger partial charge >= 0.3 is 0 Å². The quantitative estimate of drug-likeness (QED) is 0.862. The van der Waals surface area contributed by atoms with Crippen molar-refractivity contribution in [3.63, 3.8) is 0 Å². The molecular weight excluding hydrogens is 248 g/mol. The smallest absolute Gasteiger partial charge is 0.270 e. The van der Waals surface area contributed by atoms with E-state index >= 15 is 0 Å². The van der Waals surface area contributed by atoms with E-state index in [4.69, 9.17) is 11.6 Å². The lowest BCUT2D eigenvalue weighted by molar-refractivity contribution is 0.0946. The molecule has 0 aliphatic rings. The summed E-state index contributed by atoms with van der Waals surface area (Å²) in [5, 5.41) is 3.13. The first kappa shape index (κ1) is 12.6. The summed E-state index contributed by atoms with van der Waals surface area (Å²) in [5.41, 5.74) is 2.56. The van der Waals surface area contributed by atoms with Crippen LogP contribution in [0.15, 0.2) is 42.5 Å². The zero-order valence-electron chi connectivity index (χ0n) is 9.98. The van der Waals surface area contributed by atoms with Crippen LogP contribution < -0.4 is 5.32 Å². The minimum atomic E-state index is -0.223. The Morgan fingerprint density at radius 2 is 2.06 bits per heavy atom. The summed E-state index contributed by atoms with van der Waals surface area (Å²) in [7, 11) is 0. The summed E-state index contributed by atoms with van der Waals surface area (Å²) in [4.78, 5) is 15.8. The molecule has 1 heterocycles. The zero-order chi connectivity index (χ0) is 13.0. The molecule has 0 spiro atoms. The lowest BCUT2D eigenvalue weighted by Gasteiger charge is -2.05. The average molecular weight is 261 g/mol. The summed E-state index contributed by atoms with van der Waals surface area (Å²) in [5.74, 6) is -0.223. The van der Waals surface area contributed by atoms with Crippen LogP contribution in [0, 0.1) is 6.92 Å². The average Bonchev–Trinajstić information content (AvgIpc) is 2.36. The third-order valence-electron chi connectivity index (χ3n) is 2.48. The molecule has 0 radical (unpaired) electrons. The number of benzene rings is 1. The van der Waals surface area contributed by atoms with Crippen molar-refractivity contribution in [1.82, 2.24) is 10.3 Å². The third-order valence-corrected chi connectivity index (χ3v) is 2.69. The van der Waals surface area contributed by atoms with Crippen molar-refractivity contribution in [3.05, 3.63) is 64.4 Å². The van der Waals surface area contributed by atoms with Gasteiger partial charge in [-0.3, -0.25) is 4.79 Å². The van der Waals surface area contributed by atoms with Gasteiger partial charge in [-0.15, -0.1) is 0 Å². The molecule has 3 nitrogen and oxygen atoms in total. The van der Waals surface area contributed by atoms with E-state index < -0.39 is 0 Å². The number of carbonyl (C=O) groups is 1. The molecule has 0 saturated carbocycles. The number of halogens is 1. The number of aromatic nitrogens is 1. The van der Waals surface area contributed by atoms with E-state index in [1.165, 1.54) is 5.56 Å². The fourth-order valence-electron chi connectivity index (χ4n) is 1.63. The van der Waals surface area contributed by atoms with Crippen LogP contribution in [-0.2, 0) is 6.54 Å². The Labute approximate surface area is 111 Å². The lowest BCUT2D eigenvalue weighted by atomic mass is 10.1. The summed E-state index contributed by atoms with van der Waals surface area (Å²) < 4.78 is 0. The molecule has 4 heteroatoms. The van der Waals surface area contributed by atoms with Crippen LogP contribution in [0.25, 0.3) is 0 Å². The van der Waals surface area contributed by atoms with E-state index in [1.54, 1.807) is 18.2 Å². The Bertz CT molecular complexity index is 569. The molecule has 1 N–H and O–H groups in total. The fourth-order valence-corrected chi connectivity index (χ4v) is 1.79. The van der Waals surface area contributed by atoms with Crippen molar-refractivity contribution in [3.8, 4) is 0 Å². The predicted octanol–water partition coefficient (Wildman–Crippen LogP) is 2.97. The van der Waals surface area contributed by atoms with Gasteiger partial charge in [-0.1, -0.05) is 47.5 Å². The molecule has 0 aliphatic carbocycles. The van der Waals surface area contributed by atoms with Gasteiger partial charge in [-0.05, 0) is 24.6 Å². The minimum absolute atomic E-state index is 0.223. The van der Waals surface area contributed by atoms with E-state index in [0.29, 0.717) is 17.4 Å². The number of amides is 1. The molecule has 0 unspecified atom stereocenters. The molecule has 1 aromatic heterocycles. The van der Waals surface area contributed by atoms with E-state index in [2.05, 4.69) is 10.3 Å². The molecular formula is C14H13ClN2O. The van der Waals surface area contributed by atoms with Crippen molar-refractivity contribution in [2.75, 3.05) is 0 Å². The van der Waals surface area contributed by atoms with Crippen LogP contribution in [0.3, 0.4) is 0 Å². The molecule has 92 valence electrons. The second-order valence-electron chi connectivity index (χ2n) is 4.02. The maximum absolute atomic E-state index is 11.8. The van der Waals surface area contributed by atoms with Crippen LogP contribution in [0.2, 0.25) is 5.15 Å². The van der Waals surface area contributed by atoms with Gasteiger partial charge in [0, 0.05) is 6.54 Å². The number of aryl methyl sites for hydroxylation is 1. The topological polar surface area (TPSA) is 42.0 Å². The highest BCUT2D eigenvalue weighted by Crippen LogP contribution is 2.06. The van der Waals surface area contributed by atoms with Gasteiger partial charge in [0.1, 0.15) is 10.8 Å². The fraction of sp³-hybridized carbons (Fsp3) is 0.143. The normalized spacial score (nSPS) is 10.1. The standard InChI is InChI=1S/C14H13ClN2O/c1-10-4-2-5-11(8-10)9-16-14(18)12-6-3-7-13(15)17-12/h2-8H,9H2,1H3,(H,16,18). The highest BCUT2D eigenvalue weighted by molar-refractivity contribution is 6.29. The molecule has 2 rings (SSSR count). The number of hydrogen-bond donors (Lipinski definition) is 1. The van der Waals surface area contributed by atoms with Crippen LogP contribution in [-0.4, -0.2) is 10.9 Å². The van der Waals surface area contributed by atoms with Crippen LogP contribution >= 0.6 is 11.6 Å². The van der Waals surface area contributed by atoms with Gasteiger partial charge in [0.15, 0.2) is 0 Å². The maximum Gasteiger partial charge on any atom is 0.270 e. The molecule has 1 aromatic carbocycles. The summed E-state index contributed by atoms with van der Waals surface area (Å²) in [6.45, 7) is 2.50. The van der Waals surface area contributed by atoms with E-state index in [1.807, 2.05) is 31.2 Å². The van der Waals surface area contributed by atoms with E-state index in [9.17, 15) is 4.79 Å². The van der Waals surface area contributed by atoms with Crippen LogP contribution in [0.1, 0.15) is 21.6 Å². The highest BCUT2D eigenvalue weighted by atomic mass is 35.5. The summed E-state index contributed by atoms with van der Waals surface area (Å²) in [6, 6.07) is 13.0. The Hall–Kier alpha value is -1.87. The van der Waals surface area contributed by atoms with Crippen molar-refractivity contribution in [2.45, 2.75) is 13.5 Å². The molecule has 0 aliphatic heterocycles. The van der Waals surface area contributed by atoms with E-state index in [0.717, 1.165) is 5.56 Å². The predicted molar refractivity (Wildman–Crippen MR) is 71.6 cm³/mol. The SMILES string of the molecule is Cc1cccc(CNC(=O)c2cccc(Cl)n2)c1. The molecule has 18 heavy (non-hydrogen) atoms. The highest BCUT2D eigenvalue weighted by Gasteiger charge is 2.06. The van der Waals surface area contributed by atoms with Gasteiger partial charge < -0.3 is 5.32 Å². The molecule has 0 atom stereocenters. The van der Waals surface area contributed by atoms with Gasteiger partial charge in [0.05, 0.1) is 0 Å². The first-order valence-electron chi connectivity index (χ1n) is 5.61. The number of pyridine rings is 1. The third kappa shape index (κ3) is 3.31. The summed E-state index contributed by atoms with van der Waals surface area (Å²) in [6.07, 6.45) is 0. The Morgan fingerprint density at radius 3 is 2.78 bits per heavy atom. The lowest BCUT2D eigenvalue weighted by Crippen LogP contribution is -2.23. The number of rotatable bonds is 3. The second kappa shape index (κ2) is 5.65. The largest absolute Gasteiger partial charge is 0.347 e. The number of hydrogen-bond acceptors (Lipinski definition) is 2. The Morgan fingerprint density at radius 1 is 1.28 bits per heavy atom. The first-order valence-corrected chi connectivity index (χ1v) is 5.99. The second-order valence-corrected chi connectivity index (χ2v) is 4.40. The van der Waals surface area contributed by atoms with Crippen LogP contribution in [0.4, 0.5) is 0 Å². The molecule has 2 aromatic rings. The van der Waals surface area contributed by atoms with Gasteiger partial charge in [-0.2, -0.15) is 0 Å². The van der Waals surface area contributed by atoms with Crippen molar-refractivity contribution in [2.24, 2.45) is 0 Å². The number of nitrogens with one attached hydrogen (secondary N) is 1. The minimum Gasteiger partial charge on any atom is -0.347 e. The molecule has 0 fully saturated rings. The van der Waals surface area contributed by atoms with Gasteiger partial charge in [0.2, 0.25) is 0 Å². The molecule has 1 amide bonds. The Balaban J connectivity index is 2.00. The zero-order valence-corrected chi connectivity index (χ0v) is 10.7. The molecule has 0 bridgehead atoms. The van der Waals surface area contributed by atoms with Crippen molar-refractivity contribution >= 4 is 17.5 Å². The van der Waals surface area contributed by atoms with Crippen LogP contribution in [0.5, 0.6) is 0 Å². The monoisotopic (exact) mass is 260 g/mol. The number of nitrogens with zero attached hydrogens (tertiary/aromatic N) is 1. The van der Waals surface area contributed by atoms with Crippen molar-refractivity contribution < 1.29 is 4.79 Å². The Kier molecular flexibility index (Phi) is 3.95. The van der Waals surface area contributed by atoms with E-state index in [-0.39, 0.29) is 5.91 Å². The van der Waals surface area contributed by atoms with Gasteiger partial charge in [0.25, 0.3) is 5.91 Å². The maximum atomic E-state index is 11.8. The first-order chi connectivity index (χ1) is 8.65. The van der Waals surface area contributed by atoms with Gasteiger partial charge in [-0.25, -0.2) is 4.98 Å². The number of carbonyl (C=O) groups excluding carboxylic acids is 1. The van der Waals surface area contributed by atoms with Crippen molar-refractivity contribution in [1.29, 1.82) is 0 Å². The molecule has 0 saturated heterocycles.